The van der Waals surface area contributed by atoms with Crippen LogP contribution in [0.4, 0.5) is 0 Å². The van der Waals surface area contributed by atoms with Crippen molar-refractivity contribution >= 4 is 27.7 Å². The third kappa shape index (κ3) is 5.31. The minimum absolute atomic E-state index is 0.522. The summed E-state index contributed by atoms with van der Waals surface area (Å²) in [6, 6.07) is 17.8. The van der Waals surface area contributed by atoms with Gasteiger partial charge in [-0.2, -0.15) is 0 Å². The van der Waals surface area contributed by atoms with E-state index >= 15 is 0 Å². The van der Waals surface area contributed by atoms with Gasteiger partial charge in [0, 0.05) is 27.7 Å². The maximum Gasteiger partial charge on any atom is 0.0232 e. The van der Waals surface area contributed by atoms with Crippen molar-refractivity contribution in [3.05, 3.63) is 64.1 Å². The van der Waals surface area contributed by atoms with E-state index in [9.17, 15) is 0 Å². The smallest absolute Gasteiger partial charge is 0.0232 e. The Morgan fingerprint density at radius 1 is 1.05 bits per heavy atom. The Morgan fingerprint density at radius 3 is 2.50 bits per heavy atom. The molecular weight excluding hydrogens is 330 g/mol. The molecule has 0 saturated heterocycles. The van der Waals surface area contributed by atoms with Crippen LogP contribution in [0, 0.1) is 0 Å². The predicted molar refractivity (Wildman–Crippen MR) is 92.1 cm³/mol. The number of thioether (sulfide) groups is 1. The van der Waals surface area contributed by atoms with Gasteiger partial charge < -0.3 is 5.32 Å². The third-order valence-corrected chi connectivity index (χ3v) is 4.53. The van der Waals surface area contributed by atoms with Crippen LogP contribution in [0.1, 0.15) is 25.0 Å². The number of benzene rings is 2. The topological polar surface area (TPSA) is 12.0 Å². The molecule has 106 valence electrons. The molecule has 0 fully saturated rings. The average Bonchev–Trinajstić information content (AvgIpc) is 2.45. The zero-order valence-electron chi connectivity index (χ0n) is 11.9. The van der Waals surface area contributed by atoms with Crippen molar-refractivity contribution in [3.63, 3.8) is 0 Å². The van der Waals surface area contributed by atoms with E-state index in [4.69, 9.17) is 0 Å². The Labute approximate surface area is 134 Å². The molecule has 0 aliphatic carbocycles. The van der Waals surface area contributed by atoms with Crippen molar-refractivity contribution in [3.8, 4) is 0 Å². The van der Waals surface area contributed by atoms with Crippen LogP contribution in [0.3, 0.4) is 0 Å². The molecule has 0 spiro atoms. The van der Waals surface area contributed by atoms with E-state index in [0.29, 0.717) is 6.04 Å². The molecule has 2 aromatic rings. The number of hydrogen-bond acceptors (Lipinski definition) is 2. The molecular formula is C17H20BrNS. The van der Waals surface area contributed by atoms with Gasteiger partial charge in [0.25, 0.3) is 0 Å². The number of nitrogens with one attached hydrogen (secondary N) is 1. The van der Waals surface area contributed by atoms with Crippen LogP contribution >= 0.6 is 27.7 Å². The summed E-state index contributed by atoms with van der Waals surface area (Å²) in [6.45, 7) is 5.28. The molecule has 0 aliphatic heterocycles. The van der Waals surface area contributed by atoms with Crippen molar-refractivity contribution in [1.82, 2.24) is 5.32 Å². The zero-order valence-corrected chi connectivity index (χ0v) is 14.3. The monoisotopic (exact) mass is 349 g/mol. The molecule has 0 amide bonds. The molecule has 1 nitrogen and oxygen atoms in total. The highest BCUT2D eigenvalue weighted by atomic mass is 79.9. The molecule has 0 heterocycles. The molecule has 0 aromatic heterocycles. The average molecular weight is 350 g/mol. The summed E-state index contributed by atoms with van der Waals surface area (Å²) >= 11 is 5.35. The lowest BCUT2D eigenvalue weighted by Crippen LogP contribution is -2.21. The van der Waals surface area contributed by atoms with E-state index in [2.05, 4.69) is 83.6 Å². The van der Waals surface area contributed by atoms with Gasteiger partial charge in [-0.05, 0) is 35.4 Å². The third-order valence-electron chi connectivity index (χ3n) is 2.93. The molecule has 0 unspecified atom stereocenters. The van der Waals surface area contributed by atoms with Gasteiger partial charge in [-0.15, -0.1) is 11.8 Å². The standard InChI is InChI=1S/C17H20BrNS/c1-13(2)19-11-15-4-3-5-17(10-15)20-12-14-6-8-16(18)9-7-14/h3-10,13,19H,11-12H2,1-2H3. The van der Waals surface area contributed by atoms with Gasteiger partial charge in [0.15, 0.2) is 0 Å². The second kappa shape index (κ2) is 7.87. The minimum atomic E-state index is 0.522. The number of rotatable bonds is 6. The first-order chi connectivity index (χ1) is 9.63. The van der Waals surface area contributed by atoms with E-state index in [1.165, 1.54) is 16.0 Å². The summed E-state index contributed by atoms with van der Waals surface area (Å²) in [5.41, 5.74) is 2.70. The first-order valence-corrected chi connectivity index (χ1v) is 8.61. The Hall–Kier alpha value is -0.770. The molecule has 1 N–H and O–H groups in total. The lowest BCUT2D eigenvalue weighted by Gasteiger charge is -2.09. The van der Waals surface area contributed by atoms with Crippen LogP contribution < -0.4 is 5.32 Å². The Balaban J connectivity index is 1.92. The van der Waals surface area contributed by atoms with Crippen LogP contribution in [0.2, 0.25) is 0 Å². The zero-order chi connectivity index (χ0) is 14.4. The first kappa shape index (κ1) is 15.6. The molecule has 20 heavy (non-hydrogen) atoms. The number of halogens is 1. The molecule has 0 aliphatic rings. The Bertz CT molecular complexity index is 537. The fraction of sp³-hybridized carbons (Fsp3) is 0.294. The maximum atomic E-state index is 3.47. The second-order valence-electron chi connectivity index (χ2n) is 5.10. The summed E-state index contributed by atoms with van der Waals surface area (Å²) in [5, 5.41) is 3.45. The molecule has 0 atom stereocenters. The highest BCUT2D eigenvalue weighted by Gasteiger charge is 2.00. The van der Waals surface area contributed by atoms with Crippen LogP contribution in [0.5, 0.6) is 0 Å². The molecule has 2 rings (SSSR count). The lowest BCUT2D eigenvalue weighted by molar-refractivity contribution is 0.588. The van der Waals surface area contributed by atoms with Gasteiger partial charge in [0.05, 0.1) is 0 Å². The Morgan fingerprint density at radius 2 is 1.80 bits per heavy atom. The van der Waals surface area contributed by atoms with Crippen molar-refractivity contribution in [2.24, 2.45) is 0 Å². The van der Waals surface area contributed by atoms with E-state index in [1.54, 1.807) is 0 Å². The highest BCUT2D eigenvalue weighted by molar-refractivity contribution is 9.10. The van der Waals surface area contributed by atoms with Crippen LogP contribution in [0.25, 0.3) is 0 Å². The van der Waals surface area contributed by atoms with Crippen LogP contribution in [-0.2, 0) is 12.3 Å². The number of hydrogen-bond donors (Lipinski definition) is 1. The quantitative estimate of drug-likeness (QED) is 0.715. The van der Waals surface area contributed by atoms with Crippen molar-refractivity contribution in [2.45, 2.75) is 37.1 Å². The SMILES string of the molecule is CC(C)NCc1cccc(SCc2ccc(Br)cc2)c1. The van der Waals surface area contributed by atoms with Crippen LogP contribution in [-0.4, -0.2) is 6.04 Å². The lowest BCUT2D eigenvalue weighted by atomic mass is 10.2. The molecule has 3 heteroatoms. The fourth-order valence-corrected chi connectivity index (χ4v) is 3.01. The fourth-order valence-electron chi connectivity index (χ4n) is 1.81. The van der Waals surface area contributed by atoms with Crippen LogP contribution in [0.15, 0.2) is 57.9 Å². The van der Waals surface area contributed by atoms with Gasteiger partial charge in [-0.25, -0.2) is 0 Å². The summed E-state index contributed by atoms with van der Waals surface area (Å²) < 4.78 is 1.13. The van der Waals surface area contributed by atoms with Crippen molar-refractivity contribution in [1.29, 1.82) is 0 Å². The van der Waals surface area contributed by atoms with E-state index in [0.717, 1.165) is 16.8 Å². The summed E-state index contributed by atoms with van der Waals surface area (Å²) in [5.74, 6) is 1.01. The predicted octanol–water partition coefficient (Wildman–Crippen LogP) is 5.24. The second-order valence-corrected chi connectivity index (χ2v) is 7.06. The van der Waals surface area contributed by atoms with Gasteiger partial charge >= 0.3 is 0 Å². The Kier molecular flexibility index (Phi) is 6.14. The maximum absolute atomic E-state index is 3.47. The first-order valence-electron chi connectivity index (χ1n) is 6.83. The molecule has 0 saturated carbocycles. The summed E-state index contributed by atoms with van der Waals surface area (Å²) in [4.78, 5) is 1.33. The minimum Gasteiger partial charge on any atom is -0.310 e. The molecule has 0 radical (unpaired) electrons. The van der Waals surface area contributed by atoms with Crippen molar-refractivity contribution in [2.75, 3.05) is 0 Å². The van der Waals surface area contributed by atoms with Gasteiger partial charge in [0.1, 0.15) is 0 Å². The summed E-state index contributed by atoms with van der Waals surface area (Å²) in [7, 11) is 0. The normalized spacial score (nSPS) is 11.0. The molecule has 0 bridgehead atoms. The molecule has 2 aromatic carbocycles. The highest BCUT2D eigenvalue weighted by Crippen LogP contribution is 2.24. The summed E-state index contributed by atoms with van der Waals surface area (Å²) in [6.07, 6.45) is 0. The van der Waals surface area contributed by atoms with E-state index in [-0.39, 0.29) is 0 Å². The van der Waals surface area contributed by atoms with Crippen molar-refractivity contribution < 1.29 is 0 Å². The van der Waals surface area contributed by atoms with Gasteiger partial charge in [-0.1, -0.05) is 54.0 Å². The van der Waals surface area contributed by atoms with Gasteiger partial charge in [0.2, 0.25) is 0 Å². The van der Waals surface area contributed by atoms with E-state index in [1.807, 2.05) is 11.8 Å². The largest absolute Gasteiger partial charge is 0.310 e. The van der Waals surface area contributed by atoms with E-state index < -0.39 is 0 Å². The van der Waals surface area contributed by atoms with Gasteiger partial charge in [-0.3, -0.25) is 0 Å².